The van der Waals surface area contributed by atoms with E-state index < -0.39 is 0 Å². The van der Waals surface area contributed by atoms with Gasteiger partial charge in [-0.15, -0.1) is 0 Å². The highest BCUT2D eigenvalue weighted by atomic mass is 79.9. The van der Waals surface area contributed by atoms with E-state index in [9.17, 15) is 4.79 Å². The maximum absolute atomic E-state index is 11.1. The van der Waals surface area contributed by atoms with Gasteiger partial charge in [0.15, 0.2) is 5.78 Å². The third-order valence-electron chi connectivity index (χ3n) is 5.46. The van der Waals surface area contributed by atoms with Gasteiger partial charge >= 0.3 is 0 Å². The van der Waals surface area contributed by atoms with E-state index in [4.69, 9.17) is 15.3 Å². The second kappa shape index (κ2) is 14.4. The van der Waals surface area contributed by atoms with Crippen LogP contribution in [0.4, 0.5) is 5.69 Å². The average molecular weight is 639 g/mol. The Morgan fingerprint density at radius 3 is 1.97 bits per heavy atom. The van der Waals surface area contributed by atoms with E-state index in [1.165, 1.54) is 12.3 Å². The molecule has 6 nitrogen and oxygen atoms in total. The number of carbonyl (C=O) groups excluding carboxylic acids is 1. The molecule has 0 saturated heterocycles. The van der Waals surface area contributed by atoms with Crippen molar-refractivity contribution in [2.75, 3.05) is 19.6 Å². The number of carbonyl (C=O) groups is 1. The first kappa shape index (κ1) is 29.0. The minimum Gasteiger partial charge on any atom is -0.496 e. The summed E-state index contributed by atoms with van der Waals surface area (Å²) >= 11 is 6.78. The van der Waals surface area contributed by atoms with Gasteiger partial charge in [0.1, 0.15) is 11.5 Å². The average Bonchev–Trinajstić information content (AvgIpc) is 3.38. The minimum absolute atomic E-state index is 0.00755. The van der Waals surface area contributed by atoms with Crippen LogP contribution in [-0.4, -0.2) is 25.0 Å². The molecule has 196 valence electrons. The molecule has 1 heterocycles. The second-order valence-electron chi connectivity index (χ2n) is 8.03. The fraction of sp³-hybridized carbons (Fsp3) is 0.100. The molecular formula is C30H29Br2N3O3. The lowest BCUT2D eigenvalue weighted by Crippen LogP contribution is -2.05. The zero-order chi connectivity index (χ0) is 27.5. The van der Waals surface area contributed by atoms with Crippen LogP contribution in [0, 0.1) is 0 Å². The Bertz CT molecular complexity index is 1450. The van der Waals surface area contributed by atoms with Crippen molar-refractivity contribution in [2.45, 2.75) is 6.92 Å². The van der Waals surface area contributed by atoms with E-state index in [-0.39, 0.29) is 5.78 Å². The van der Waals surface area contributed by atoms with Gasteiger partial charge in [-0.05, 0) is 67.6 Å². The Morgan fingerprint density at radius 1 is 0.789 bits per heavy atom. The molecule has 4 aromatic carbocycles. The summed E-state index contributed by atoms with van der Waals surface area (Å²) in [7, 11) is 3.24. The number of H-pyrrole nitrogens is 1. The van der Waals surface area contributed by atoms with Crippen LogP contribution in [0.3, 0.4) is 0 Å². The van der Waals surface area contributed by atoms with Crippen molar-refractivity contribution < 1.29 is 14.3 Å². The summed E-state index contributed by atoms with van der Waals surface area (Å²) in [6.07, 6.45) is 0. The number of Topliss-reactive ketones (excluding diaryl/α,β-unsaturated/α-hetero) is 1. The van der Waals surface area contributed by atoms with Gasteiger partial charge in [-0.1, -0.05) is 68.3 Å². The largest absolute Gasteiger partial charge is 0.496 e. The van der Waals surface area contributed by atoms with Crippen LogP contribution in [0.15, 0.2) is 106 Å². The Labute approximate surface area is 239 Å². The van der Waals surface area contributed by atoms with E-state index in [0.29, 0.717) is 11.3 Å². The molecule has 8 heteroatoms. The number of aromatic nitrogens is 1. The highest BCUT2D eigenvalue weighted by molar-refractivity contribution is 9.10. The summed E-state index contributed by atoms with van der Waals surface area (Å²) in [5, 5.41) is 1.20. The second-order valence-corrected chi connectivity index (χ2v) is 9.86. The van der Waals surface area contributed by atoms with E-state index in [1.807, 2.05) is 60.7 Å². The van der Waals surface area contributed by atoms with E-state index >= 15 is 0 Å². The van der Waals surface area contributed by atoms with E-state index in [1.54, 1.807) is 26.4 Å². The first-order chi connectivity index (χ1) is 18.4. The van der Waals surface area contributed by atoms with Crippen molar-refractivity contribution in [1.82, 2.24) is 4.98 Å². The summed E-state index contributed by atoms with van der Waals surface area (Å²) in [6, 6.07) is 31.3. The van der Waals surface area contributed by atoms with Crippen molar-refractivity contribution in [1.29, 1.82) is 0 Å². The minimum atomic E-state index is 0.00755. The zero-order valence-corrected chi connectivity index (χ0v) is 24.5. The highest BCUT2D eigenvalue weighted by Crippen LogP contribution is 2.33. The van der Waals surface area contributed by atoms with Crippen LogP contribution < -0.4 is 20.7 Å². The van der Waals surface area contributed by atoms with Crippen molar-refractivity contribution >= 4 is 54.2 Å². The number of nitrogens with two attached hydrogens (primary N) is 1. The number of aromatic amines is 1. The van der Waals surface area contributed by atoms with Gasteiger partial charge in [0.25, 0.3) is 0 Å². The number of fused-ring (bicyclic) bond motifs is 1. The van der Waals surface area contributed by atoms with Gasteiger partial charge in [-0.25, -0.2) is 0 Å². The normalized spacial score (nSPS) is 9.95. The molecule has 0 saturated carbocycles. The monoisotopic (exact) mass is 637 g/mol. The van der Waals surface area contributed by atoms with Crippen LogP contribution in [0.25, 0.3) is 22.2 Å². The predicted octanol–water partition coefficient (Wildman–Crippen LogP) is 8.24. The maximum atomic E-state index is 11.1. The number of nitrogens with one attached hydrogen (secondary N) is 2. The number of nitrogen functional groups attached to an aromatic ring is 1. The van der Waals surface area contributed by atoms with Crippen LogP contribution in [0.5, 0.6) is 11.5 Å². The molecule has 5 aromatic rings. The Kier molecular flexibility index (Phi) is 11.0. The van der Waals surface area contributed by atoms with Gasteiger partial charge < -0.3 is 19.9 Å². The number of rotatable bonds is 5. The maximum Gasteiger partial charge on any atom is 0.163 e. The standard InChI is InChI=1S/C15H12BrNO.C9H9BrO2.C6H8N2/c1-18-15-7-6-11(16)9-12(15)14-8-10-4-2-3-5-13(10)17-14;1-6(11)8-5-7(10)3-4-9(8)12-2;7-8-6-4-2-1-3-5-6/h2-9,17H,1H3;3-5H,1-2H3;1-5,8H,7H2. The van der Waals surface area contributed by atoms with E-state index in [0.717, 1.165) is 37.2 Å². The number of hydrogen-bond acceptors (Lipinski definition) is 5. The van der Waals surface area contributed by atoms with Crippen LogP contribution >= 0.6 is 31.9 Å². The summed E-state index contributed by atoms with van der Waals surface area (Å²) in [5.41, 5.74) is 7.32. The van der Waals surface area contributed by atoms with E-state index in [2.05, 4.69) is 66.5 Å². The number of para-hydroxylation sites is 2. The Balaban J connectivity index is 0.000000173. The Morgan fingerprint density at radius 2 is 1.39 bits per heavy atom. The third-order valence-corrected chi connectivity index (χ3v) is 6.45. The van der Waals surface area contributed by atoms with Gasteiger partial charge in [0.05, 0.1) is 25.5 Å². The molecule has 0 spiro atoms. The molecule has 0 aliphatic rings. The highest BCUT2D eigenvalue weighted by Gasteiger charge is 2.09. The number of ketones is 1. The molecule has 0 radical (unpaired) electrons. The number of anilines is 1. The Hall–Kier alpha value is -3.59. The van der Waals surface area contributed by atoms with Gasteiger partial charge in [-0.2, -0.15) is 0 Å². The lowest BCUT2D eigenvalue weighted by atomic mass is 10.1. The lowest BCUT2D eigenvalue weighted by Gasteiger charge is -2.07. The molecule has 4 N–H and O–H groups in total. The number of benzene rings is 4. The fourth-order valence-electron chi connectivity index (χ4n) is 3.60. The van der Waals surface area contributed by atoms with Crippen molar-refractivity contribution in [3.05, 3.63) is 112 Å². The fourth-order valence-corrected chi connectivity index (χ4v) is 4.32. The summed E-state index contributed by atoms with van der Waals surface area (Å²) in [6.45, 7) is 1.52. The molecule has 1 aromatic heterocycles. The summed E-state index contributed by atoms with van der Waals surface area (Å²) < 4.78 is 12.4. The van der Waals surface area contributed by atoms with Gasteiger partial charge in [0, 0.05) is 31.1 Å². The van der Waals surface area contributed by atoms with Crippen LogP contribution in [0.1, 0.15) is 17.3 Å². The third kappa shape index (κ3) is 7.95. The van der Waals surface area contributed by atoms with Gasteiger partial charge in [-0.3, -0.25) is 10.6 Å². The van der Waals surface area contributed by atoms with Crippen molar-refractivity contribution in [3.8, 4) is 22.8 Å². The van der Waals surface area contributed by atoms with Crippen molar-refractivity contribution in [2.24, 2.45) is 5.84 Å². The molecule has 0 aliphatic heterocycles. The summed E-state index contributed by atoms with van der Waals surface area (Å²) in [5.74, 6) is 6.59. The molecular weight excluding hydrogens is 610 g/mol. The molecule has 0 bridgehead atoms. The molecule has 0 unspecified atom stereocenters. The summed E-state index contributed by atoms with van der Waals surface area (Å²) in [4.78, 5) is 14.5. The smallest absolute Gasteiger partial charge is 0.163 e. The lowest BCUT2D eigenvalue weighted by molar-refractivity contribution is 0.101. The number of hydrazine groups is 1. The number of hydrogen-bond donors (Lipinski definition) is 3. The van der Waals surface area contributed by atoms with Crippen LogP contribution in [0.2, 0.25) is 0 Å². The predicted molar refractivity (Wildman–Crippen MR) is 163 cm³/mol. The molecule has 0 fully saturated rings. The molecule has 5 rings (SSSR count). The topological polar surface area (TPSA) is 89.4 Å². The molecule has 0 atom stereocenters. The number of methoxy groups -OCH3 is 2. The molecule has 0 aliphatic carbocycles. The SMILES string of the molecule is COc1ccc(Br)cc1-c1cc2ccccc2[nH]1.COc1ccc(Br)cc1C(C)=O.NNc1ccccc1. The number of ether oxygens (including phenoxy) is 2. The van der Waals surface area contributed by atoms with Crippen molar-refractivity contribution in [3.63, 3.8) is 0 Å². The molecule has 38 heavy (non-hydrogen) atoms. The number of halogens is 2. The quantitative estimate of drug-likeness (QED) is 0.102. The first-order valence-corrected chi connectivity index (χ1v) is 13.2. The first-order valence-electron chi connectivity index (χ1n) is 11.6. The zero-order valence-electron chi connectivity index (χ0n) is 21.3. The van der Waals surface area contributed by atoms with Crippen LogP contribution in [-0.2, 0) is 0 Å². The van der Waals surface area contributed by atoms with Gasteiger partial charge in [0.2, 0.25) is 0 Å². The molecule has 0 amide bonds.